The Labute approximate surface area is 87.9 Å². The molecular weight excluding hydrogens is 176 g/mol. The van der Waals surface area contributed by atoms with Crippen LogP contribution >= 0.6 is 0 Å². The van der Waals surface area contributed by atoms with Crippen LogP contribution < -0.4 is 0 Å². The fraction of sp³-hybridized carbons (Fsp3) is 1.00. The molecule has 0 saturated carbocycles. The monoisotopic (exact) mass is 200 g/mol. The van der Waals surface area contributed by atoms with Crippen LogP contribution in [0.3, 0.4) is 0 Å². The lowest BCUT2D eigenvalue weighted by atomic mass is 10.0. The average Bonchev–Trinajstić information content (AvgIpc) is 2.16. The second-order valence-electron chi connectivity index (χ2n) is 4.01. The Morgan fingerprint density at radius 3 is 2.29 bits per heavy atom. The molecule has 0 radical (unpaired) electrons. The van der Waals surface area contributed by atoms with Crippen molar-refractivity contribution in [2.24, 2.45) is 16.1 Å². The van der Waals surface area contributed by atoms with Crippen molar-refractivity contribution < 1.29 is 4.74 Å². The molecule has 0 heterocycles. The zero-order valence-electron chi connectivity index (χ0n) is 10.2. The Kier molecular flexibility index (Phi) is 7.67. The highest BCUT2D eigenvalue weighted by molar-refractivity contribution is 4.75. The molecular formula is C11H24N2O. The maximum Gasteiger partial charge on any atom is 0.0989 e. The summed E-state index contributed by atoms with van der Waals surface area (Å²) in [5, 5.41) is 8.53. The second-order valence-corrected chi connectivity index (χ2v) is 4.01. The second kappa shape index (κ2) is 7.92. The number of ether oxygens (including phenoxy) is 1. The van der Waals surface area contributed by atoms with Gasteiger partial charge in [-0.1, -0.05) is 27.2 Å². The molecule has 0 aliphatic heterocycles. The molecule has 0 saturated heterocycles. The van der Waals surface area contributed by atoms with E-state index in [0.717, 1.165) is 13.0 Å². The van der Waals surface area contributed by atoms with Gasteiger partial charge in [-0.3, -0.25) is 0 Å². The lowest BCUT2D eigenvalue weighted by molar-refractivity contribution is 0.0796. The van der Waals surface area contributed by atoms with E-state index in [1.54, 1.807) is 7.11 Å². The molecule has 0 bridgehead atoms. The summed E-state index contributed by atoms with van der Waals surface area (Å²) in [5.74, 6) is 0.482. The molecule has 84 valence electrons. The van der Waals surface area contributed by atoms with E-state index >= 15 is 0 Å². The molecule has 0 aliphatic carbocycles. The number of rotatable bonds is 7. The van der Waals surface area contributed by atoms with Crippen molar-refractivity contribution in [2.45, 2.75) is 52.7 Å². The van der Waals surface area contributed by atoms with Crippen LogP contribution in [-0.2, 0) is 4.74 Å². The van der Waals surface area contributed by atoms with Gasteiger partial charge in [-0.25, -0.2) is 0 Å². The van der Waals surface area contributed by atoms with Crippen LogP contribution in [0.25, 0.3) is 0 Å². The van der Waals surface area contributed by atoms with Crippen molar-refractivity contribution in [3.8, 4) is 0 Å². The molecule has 0 N–H and O–H groups in total. The van der Waals surface area contributed by atoms with Crippen LogP contribution in [0.2, 0.25) is 0 Å². The lowest BCUT2D eigenvalue weighted by Gasteiger charge is -2.21. The highest BCUT2D eigenvalue weighted by Gasteiger charge is 2.19. The minimum Gasteiger partial charge on any atom is -0.379 e. The number of methoxy groups -OCH3 is 1. The summed E-state index contributed by atoms with van der Waals surface area (Å²) in [5.41, 5.74) is 0. The molecule has 0 aromatic rings. The summed E-state index contributed by atoms with van der Waals surface area (Å²) >= 11 is 0. The Morgan fingerprint density at radius 1 is 1.21 bits per heavy atom. The van der Waals surface area contributed by atoms with Gasteiger partial charge >= 0.3 is 0 Å². The van der Waals surface area contributed by atoms with Crippen molar-refractivity contribution in [3.05, 3.63) is 0 Å². The Bertz CT molecular complexity index is 157. The van der Waals surface area contributed by atoms with Gasteiger partial charge in [-0.05, 0) is 19.3 Å². The lowest BCUT2D eigenvalue weighted by Crippen LogP contribution is -2.28. The molecule has 0 aromatic heterocycles. The Hall–Kier alpha value is -0.440. The predicted octanol–water partition coefficient (Wildman–Crippen LogP) is 3.30. The van der Waals surface area contributed by atoms with E-state index in [4.69, 9.17) is 4.74 Å². The maximum atomic E-state index is 5.28. The van der Waals surface area contributed by atoms with Gasteiger partial charge in [0.2, 0.25) is 0 Å². The molecule has 2 unspecified atom stereocenters. The minimum atomic E-state index is 0.153. The highest BCUT2D eigenvalue weighted by Crippen LogP contribution is 2.13. The summed E-state index contributed by atoms with van der Waals surface area (Å²) in [7, 11) is 1.72. The van der Waals surface area contributed by atoms with Crippen LogP contribution in [0, 0.1) is 5.92 Å². The summed E-state index contributed by atoms with van der Waals surface area (Å²) in [6, 6.07) is 0.192. The van der Waals surface area contributed by atoms with E-state index in [0.29, 0.717) is 5.92 Å². The summed E-state index contributed by atoms with van der Waals surface area (Å²) in [4.78, 5) is 0. The largest absolute Gasteiger partial charge is 0.379 e. The van der Waals surface area contributed by atoms with E-state index in [1.165, 1.54) is 6.42 Å². The van der Waals surface area contributed by atoms with Crippen LogP contribution in [-0.4, -0.2) is 25.8 Å². The molecule has 0 amide bonds. The predicted molar refractivity (Wildman–Crippen MR) is 59.7 cm³/mol. The fourth-order valence-electron chi connectivity index (χ4n) is 1.29. The van der Waals surface area contributed by atoms with Crippen molar-refractivity contribution in [1.29, 1.82) is 0 Å². The summed E-state index contributed by atoms with van der Waals surface area (Å²) in [6.45, 7) is 9.35. The van der Waals surface area contributed by atoms with E-state index in [2.05, 4.69) is 31.0 Å². The minimum absolute atomic E-state index is 0.153. The van der Waals surface area contributed by atoms with Crippen LogP contribution in [0.4, 0.5) is 0 Å². The molecule has 3 nitrogen and oxygen atoms in total. The van der Waals surface area contributed by atoms with E-state index in [9.17, 15) is 0 Å². The molecule has 0 fully saturated rings. The number of hydrogen-bond donors (Lipinski definition) is 0. The number of hydrogen-bond acceptors (Lipinski definition) is 3. The van der Waals surface area contributed by atoms with Crippen molar-refractivity contribution in [2.75, 3.05) is 13.7 Å². The molecule has 14 heavy (non-hydrogen) atoms. The fourth-order valence-corrected chi connectivity index (χ4v) is 1.29. The SMILES string of the molecule is CCCCN=NC(C(C)C)C(C)OC. The molecule has 0 spiro atoms. The van der Waals surface area contributed by atoms with Gasteiger partial charge < -0.3 is 4.74 Å². The zero-order valence-corrected chi connectivity index (χ0v) is 10.2. The Morgan fingerprint density at radius 2 is 1.86 bits per heavy atom. The maximum absolute atomic E-state index is 5.28. The van der Waals surface area contributed by atoms with Gasteiger partial charge in [0.25, 0.3) is 0 Å². The standard InChI is InChI=1S/C11H24N2O/c1-6-7-8-12-13-11(9(2)3)10(4)14-5/h9-11H,6-8H2,1-5H3. The van der Waals surface area contributed by atoms with Gasteiger partial charge in [0.1, 0.15) is 0 Å². The number of nitrogens with zero attached hydrogens (tertiary/aromatic N) is 2. The summed E-state index contributed by atoms with van der Waals surface area (Å²) in [6.07, 6.45) is 2.45. The van der Waals surface area contributed by atoms with E-state index < -0.39 is 0 Å². The molecule has 0 aliphatic rings. The smallest absolute Gasteiger partial charge is 0.0989 e. The van der Waals surface area contributed by atoms with Crippen molar-refractivity contribution >= 4 is 0 Å². The average molecular weight is 200 g/mol. The van der Waals surface area contributed by atoms with Gasteiger partial charge in [0.05, 0.1) is 18.7 Å². The highest BCUT2D eigenvalue weighted by atomic mass is 16.5. The third-order valence-corrected chi connectivity index (χ3v) is 2.36. The van der Waals surface area contributed by atoms with Crippen LogP contribution in [0.5, 0.6) is 0 Å². The van der Waals surface area contributed by atoms with Crippen LogP contribution in [0.1, 0.15) is 40.5 Å². The summed E-state index contributed by atoms with van der Waals surface area (Å²) < 4.78 is 5.28. The first-order valence-electron chi connectivity index (χ1n) is 5.52. The third kappa shape index (κ3) is 5.32. The van der Waals surface area contributed by atoms with Crippen LogP contribution in [0.15, 0.2) is 10.2 Å². The zero-order chi connectivity index (χ0) is 11.0. The quantitative estimate of drug-likeness (QED) is 0.458. The molecule has 3 heteroatoms. The Balaban J connectivity index is 4.02. The van der Waals surface area contributed by atoms with E-state index in [-0.39, 0.29) is 12.1 Å². The first-order chi connectivity index (χ1) is 6.63. The molecule has 0 aromatic carbocycles. The van der Waals surface area contributed by atoms with Gasteiger partial charge in [0, 0.05) is 7.11 Å². The number of unbranched alkanes of at least 4 members (excludes halogenated alkanes) is 1. The topological polar surface area (TPSA) is 34.0 Å². The van der Waals surface area contributed by atoms with Gasteiger partial charge in [-0.2, -0.15) is 10.2 Å². The normalized spacial score (nSPS) is 16.4. The first-order valence-corrected chi connectivity index (χ1v) is 5.52. The van der Waals surface area contributed by atoms with Gasteiger partial charge in [0.15, 0.2) is 0 Å². The number of azo groups is 1. The third-order valence-electron chi connectivity index (χ3n) is 2.36. The van der Waals surface area contributed by atoms with E-state index in [1.807, 2.05) is 6.92 Å². The van der Waals surface area contributed by atoms with Crippen molar-refractivity contribution in [1.82, 2.24) is 0 Å². The van der Waals surface area contributed by atoms with Gasteiger partial charge in [-0.15, -0.1) is 0 Å². The molecule has 0 rings (SSSR count). The van der Waals surface area contributed by atoms with Crippen molar-refractivity contribution in [3.63, 3.8) is 0 Å². The first kappa shape index (κ1) is 13.6. The molecule has 2 atom stereocenters.